The predicted molar refractivity (Wildman–Crippen MR) is 104 cm³/mol. The molecule has 27 heavy (non-hydrogen) atoms. The molecule has 0 aromatic heterocycles. The Labute approximate surface area is 161 Å². The average molecular weight is 373 g/mol. The number of carbonyl (C=O) groups is 1. The van der Waals surface area contributed by atoms with Crippen LogP contribution < -0.4 is 10.1 Å². The average Bonchev–Trinajstić information content (AvgIpc) is 2.67. The summed E-state index contributed by atoms with van der Waals surface area (Å²) in [6.45, 7) is 3.92. The van der Waals surface area contributed by atoms with Gasteiger partial charge < -0.3 is 19.7 Å². The first-order valence-electron chi connectivity index (χ1n) is 10.1. The molecular formula is C21H31N3O3. The van der Waals surface area contributed by atoms with Gasteiger partial charge in [-0.25, -0.2) is 4.79 Å². The molecule has 2 amide bonds. The van der Waals surface area contributed by atoms with Crippen LogP contribution in [-0.4, -0.2) is 74.9 Å². The van der Waals surface area contributed by atoms with Crippen LogP contribution in [0, 0.1) is 0 Å². The van der Waals surface area contributed by atoms with Crippen LogP contribution in [0.15, 0.2) is 24.3 Å². The fourth-order valence-corrected chi connectivity index (χ4v) is 4.81. The Morgan fingerprint density at radius 2 is 2.15 bits per heavy atom. The number of carbonyl (C=O) groups excluding carboxylic acids is 1. The summed E-state index contributed by atoms with van der Waals surface area (Å²) < 4.78 is 11.5. The molecule has 6 heteroatoms. The van der Waals surface area contributed by atoms with Crippen LogP contribution in [0.25, 0.3) is 0 Å². The monoisotopic (exact) mass is 373 g/mol. The molecule has 3 fully saturated rings. The first-order valence-corrected chi connectivity index (χ1v) is 10.1. The summed E-state index contributed by atoms with van der Waals surface area (Å²) in [5.41, 5.74) is 1.23. The van der Waals surface area contributed by atoms with Crippen molar-refractivity contribution in [2.45, 2.75) is 43.2 Å². The van der Waals surface area contributed by atoms with Crippen LogP contribution in [0.4, 0.5) is 4.79 Å². The zero-order valence-electron chi connectivity index (χ0n) is 16.4. The van der Waals surface area contributed by atoms with Gasteiger partial charge in [0.2, 0.25) is 0 Å². The Morgan fingerprint density at radius 3 is 2.89 bits per heavy atom. The number of urea groups is 1. The Bertz CT molecular complexity index is 676. The van der Waals surface area contributed by atoms with E-state index in [1.807, 2.05) is 17.0 Å². The van der Waals surface area contributed by atoms with Gasteiger partial charge in [-0.15, -0.1) is 0 Å². The molecule has 0 radical (unpaired) electrons. The number of likely N-dealkylation sites (tertiary alicyclic amines) is 1. The number of likely N-dealkylation sites (N-methyl/N-ethyl adjacent to an activating group) is 1. The van der Waals surface area contributed by atoms with E-state index in [4.69, 9.17) is 9.47 Å². The van der Waals surface area contributed by atoms with Gasteiger partial charge in [-0.2, -0.15) is 0 Å². The number of fused-ring (bicyclic) bond motifs is 1. The molecule has 1 saturated carbocycles. The van der Waals surface area contributed by atoms with Crippen molar-refractivity contribution in [3.8, 4) is 5.75 Å². The third-order valence-electron chi connectivity index (χ3n) is 6.72. The van der Waals surface area contributed by atoms with Crippen LogP contribution in [0.1, 0.15) is 31.2 Å². The fraction of sp³-hybridized carbons (Fsp3) is 0.667. The lowest BCUT2D eigenvalue weighted by Gasteiger charge is -2.46. The number of amides is 2. The quantitative estimate of drug-likeness (QED) is 0.879. The van der Waals surface area contributed by atoms with Gasteiger partial charge in [0.1, 0.15) is 5.75 Å². The number of para-hydroxylation sites is 1. The van der Waals surface area contributed by atoms with Crippen molar-refractivity contribution in [2.24, 2.45) is 0 Å². The van der Waals surface area contributed by atoms with E-state index in [-0.39, 0.29) is 17.6 Å². The maximum Gasteiger partial charge on any atom is 0.317 e. The van der Waals surface area contributed by atoms with E-state index >= 15 is 0 Å². The molecule has 2 heterocycles. The molecule has 6 nitrogen and oxygen atoms in total. The molecule has 1 aromatic rings. The highest BCUT2D eigenvalue weighted by Crippen LogP contribution is 2.46. The van der Waals surface area contributed by atoms with Gasteiger partial charge in [0.25, 0.3) is 0 Å². The number of hydrogen-bond donors (Lipinski definition) is 1. The summed E-state index contributed by atoms with van der Waals surface area (Å²) >= 11 is 0. The van der Waals surface area contributed by atoms with Gasteiger partial charge in [0.05, 0.1) is 25.9 Å². The second-order valence-electron chi connectivity index (χ2n) is 8.18. The lowest BCUT2D eigenvalue weighted by molar-refractivity contribution is -0.0882. The molecule has 0 unspecified atom stereocenters. The zero-order valence-corrected chi connectivity index (χ0v) is 16.4. The summed E-state index contributed by atoms with van der Waals surface area (Å²) in [7, 11) is 3.85. The molecule has 2 aliphatic heterocycles. The summed E-state index contributed by atoms with van der Waals surface area (Å²) in [5.74, 6) is 0.924. The first kappa shape index (κ1) is 18.6. The largest absolute Gasteiger partial charge is 0.496 e. The Kier molecular flexibility index (Phi) is 5.28. The van der Waals surface area contributed by atoms with E-state index in [0.29, 0.717) is 12.6 Å². The third-order valence-corrected chi connectivity index (χ3v) is 6.72. The molecule has 1 N–H and O–H groups in total. The molecule has 1 aliphatic carbocycles. The number of nitrogens with one attached hydrogen (secondary N) is 1. The summed E-state index contributed by atoms with van der Waals surface area (Å²) in [5, 5.41) is 3.23. The van der Waals surface area contributed by atoms with Crippen molar-refractivity contribution in [3.63, 3.8) is 0 Å². The van der Waals surface area contributed by atoms with E-state index in [2.05, 4.69) is 29.4 Å². The van der Waals surface area contributed by atoms with E-state index in [0.717, 1.165) is 51.3 Å². The van der Waals surface area contributed by atoms with Crippen molar-refractivity contribution >= 4 is 6.03 Å². The van der Waals surface area contributed by atoms with E-state index in [1.54, 1.807) is 7.11 Å². The second kappa shape index (κ2) is 7.68. The molecule has 0 spiro atoms. The SMILES string of the molecule is COc1ccccc1C1(CNC(=O)N2CC[C@H]3OCCN(C)[C@@H]3C2)CCC1. The highest BCUT2D eigenvalue weighted by Gasteiger charge is 2.42. The Morgan fingerprint density at radius 1 is 1.33 bits per heavy atom. The lowest BCUT2D eigenvalue weighted by atomic mass is 9.64. The summed E-state index contributed by atoms with van der Waals surface area (Å²) in [6.07, 6.45) is 4.56. The highest BCUT2D eigenvalue weighted by atomic mass is 16.5. The lowest BCUT2D eigenvalue weighted by Crippen LogP contribution is -2.61. The van der Waals surface area contributed by atoms with E-state index < -0.39 is 0 Å². The number of piperidine rings is 1. The molecular weight excluding hydrogens is 342 g/mol. The minimum Gasteiger partial charge on any atom is -0.496 e. The maximum atomic E-state index is 12.9. The molecule has 4 rings (SSSR count). The molecule has 1 aromatic carbocycles. The topological polar surface area (TPSA) is 54.0 Å². The van der Waals surface area contributed by atoms with Crippen LogP contribution >= 0.6 is 0 Å². The van der Waals surface area contributed by atoms with E-state index in [9.17, 15) is 4.79 Å². The Hall–Kier alpha value is -1.79. The van der Waals surface area contributed by atoms with Gasteiger partial charge in [0, 0.05) is 37.2 Å². The minimum atomic E-state index is 0.00528. The minimum absolute atomic E-state index is 0.00528. The van der Waals surface area contributed by atoms with Crippen molar-refractivity contribution in [2.75, 3.05) is 46.9 Å². The fourth-order valence-electron chi connectivity index (χ4n) is 4.81. The molecule has 148 valence electrons. The molecule has 2 atom stereocenters. The van der Waals surface area contributed by atoms with Gasteiger partial charge in [0.15, 0.2) is 0 Å². The molecule has 3 aliphatic rings. The van der Waals surface area contributed by atoms with Gasteiger partial charge in [-0.05, 0) is 32.4 Å². The van der Waals surface area contributed by atoms with Gasteiger partial charge in [-0.3, -0.25) is 4.90 Å². The van der Waals surface area contributed by atoms with Crippen LogP contribution in [0.5, 0.6) is 5.75 Å². The zero-order chi connectivity index (χ0) is 18.9. The highest BCUT2D eigenvalue weighted by molar-refractivity contribution is 5.74. The third kappa shape index (κ3) is 3.52. The van der Waals surface area contributed by atoms with Crippen LogP contribution in [-0.2, 0) is 10.2 Å². The van der Waals surface area contributed by atoms with Gasteiger partial charge >= 0.3 is 6.03 Å². The first-order chi connectivity index (χ1) is 13.1. The van der Waals surface area contributed by atoms with Crippen molar-refractivity contribution in [1.29, 1.82) is 0 Å². The smallest absolute Gasteiger partial charge is 0.317 e. The Balaban J connectivity index is 1.40. The number of ether oxygens (including phenoxy) is 2. The number of nitrogens with zero attached hydrogens (tertiary/aromatic N) is 2. The standard InChI is InChI=1S/C21H31N3O3/c1-23-12-13-27-19-8-11-24(14-17(19)23)20(25)22-15-21(9-5-10-21)16-6-3-4-7-18(16)26-2/h3-4,6-7,17,19H,5,8-15H2,1-2H3,(H,22,25)/t17-,19-/m1/s1. The summed E-state index contributed by atoms with van der Waals surface area (Å²) in [4.78, 5) is 17.2. The second-order valence-corrected chi connectivity index (χ2v) is 8.18. The molecule has 0 bridgehead atoms. The normalized spacial score (nSPS) is 27.4. The van der Waals surface area contributed by atoms with Crippen molar-refractivity contribution in [3.05, 3.63) is 29.8 Å². The number of hydrogen-bond acceptors (Lipinski definition) is 4. The van der Waals surface area contributed by atoms with Crippen LogP contribution in [0.3, 0.4) is 0 Å². The molecule has 2 saturated heterocycles. The summed E-state index contributed by atoms with van der Waals surface area (Å²) in [6, 6.07) is 8.58. The van der Waals surface area contributed by atoms with E-state index in [1.165, 1.54) is 12.0 Å². The number of benzene rings is 1. The van der Waals surface area contributed by atoms with Crippen molar-refractivity contribution in [1.82, 2.24) is 15.1 Å². The number of rotatable bonds is 4. The van der Waals surface area contributed by atoms with Crippen LogP contribution in [0.2, 0.25) is 0 Å². The van der Waals surface area contributed by atoms with Crippen molar-refractivity contribution < 1.29 is 14.3 Å². The maximum absolute atomic E-state index is 12.9. The predicted octanol–water partition coefficient (Wildman–Crippen LogP) is 2.23. The van der Waals surface area contributed by atoms with Gasteiger partial charge in [-0.1, -0.05) is 24.6 Å². The number of methoxy groups -OCH3 is 1. The number of morpholine rings is 1.